The van der Waals surface area contributed by atoms with Gasteiger partial charge in [0.05, 0.1) is 5.71 Å². The molecule has 0 fully saturated rings. The van der Waals surface area contributed by atoms with E-state index >= 15 is 0 Å². The molecule has 0 aromatic heterocycles. The van der Waals surface area contributed by atoms with Crippen molar-refractivity contribution in [3.05, 3.63) is 35.9 Å². The van der Waals surface area contributed by atoms with Crippen molar-refractivity contribution in [2.45, 2.75) is 45.3 Å². The molecular weight excluding hydrogens is 240 g/mol. The molecule has 1 aromatic rings. The van der Waals surface area contributed by atoms with Gasteiger partial charge in [-0.25, -0.2) is 0 Å². The third-order valence-electron chi connectivity index (χ3n) is 3.40. The molecule has 4 heteroatoms. The van der Waals surface area contributed by atoms with E-state index in [0.717, 1.165) is 24.1 Å². The van der Waals surface area contributed by atoms with Gasteiger partial charge in [-0.3, -0.25) is 4.79 Å². The van der Waals surface area contributed by atoms with E-state index < -0.39 is 6.10 Å². The fraction of sp³-hybridized carbons (Fsp3) is 0.467. The molecule has 102 valence electrons. The lowest BCUT2D eigenvalue weighted by Crippen LogP contribution is -2.41. The highest BCUT2D eigenvalue weighted by atomic mass is 16.6. The fourth-order valence-electron chi connectivity index (χ4n) is 2.11. The summed E-state index contributed by atoms with van der Waals surface area (Å²) in [6.45, 7) is 4.13. The summed E-state index contributed by atoms with van der Waals surface area (Å²) < 4.78 is 0. The van der Waals surface area contributed by atoms with E-state index in [1.165, 1.54) is 0 Å². The number of rotatable bonds is 5. The topological polar surface area (TPSA) is 50.7 Å². The highest BCUT2D eigenvalue weighted by Crippen LogP contribution is 2.17. The van der Waals surface area contributed by atoms with Crippen LogP contribution >= 0.6 is 0 Å². The minimum Gasteiger partial charge on any atom is -0.382 e. The summed E-state index contributed by atoms with van der Waals surface area (Å²) in [6.07, 6.45) is 1.91. The summed E-state index contributed by atoms with van der Waals surface area (Å²) in [5, 5.41) is 7.02. The zero-order valence-electron chi connectivity index (χ0n) is 11.4. The summed E-state index contributed by atoms with van der Waals surface area (Å²) in [7, 11) is 0. The highest BCUT2D eigenvalue weighted by Gasteiger charge is 2.29. The van der Waals surface area contributed by atoms with Crippen molar-refractivity contribution < 1.29 is 9.63 Å². The molecule has 0 radical (unpaired) electrons. The van der Waals surface area contributed by atoms with Crippen LogP contribution in [0.3, 0.4) is 0 Å². The van der Waals surface area contributed by atoms with Gasteiger partial charge in [-0.2, -0.15) is 0 Å². The van der Waals surface area contributed by atoms with Crippen LogP contribution in [0.5, 0.6) is 0 Å². The minimum absolute atomic E-state index is 0.0663. The smallest absolute Gasteiger partial charge is 0.264 e. The Kier molecular flexibility index (Phi) is 4.55. The molecule has 1 aliphatic rings. The van der Waals surface area contributed by atoms with Gasteiger partial charge in [0, 0.05) is 12.5 Å². The number of carbonyl (C=O) groups is 1. The van der Waals surface area contributed by atoms with Crippen molar-refractivity contribution in [1.29, 1.82) is 0 Å². The fourth-order valence-corrected chi connectivity index (χ4v) is 2.11. The van der Waals surface area contributed by atoms with E-state index in [-0.39, 0.29) is 11.9 Å². The van der Waals surface area contributed by atoms with E-state index in [0.29, 0.717) is 6.42 Å². The van der Waals surface area contributed by atoms with Gasteiger partial charge in [0.15, 0.2) is 0 Å². The van der Waals surface area contributed by atoms with Crippen molar-refractivity contribution in [1.82, 2.24) is 5.32 Å². The zero-order chi connectivity index (χ0) is 13.7. The third-order valence-corrected chi connectivity index (χ3v) is 3.40. The van der Waals surface area contributed by atoms with Crippen LogP contribution in [0.15, 0.2) is 35.5 Å². The Labute approximate surface area is 113 Å². The van der Waals surface area contributed by atoms with Gasteiger partial charge in [-0.1, -0.05) is 49.3 Å². The lowest BCUT2D eigenvalue weighted by atomic mass is 10.0. The molecule has 0 aliphatic carbocycles. The molecule has 1 atom stereocenters. The molecule has 1 amide bonds. The maximum Gasteiger partial charge on any atom is 0.264 e. The lowest BCUT2D eigenvalue weighted by molar-refractivity contribution is -0.131. The van der Waals surface area contributed by atoms with E-state index in [4.69, 9.17) is 4.84 Å². The number of hydrogen-bond donors (Lipinski definition) is 1. The van der Waals surface area contributed by atoms with Crippen LogP contribution in [0.1, 0.15) is 38.7 Å². The number of nitrogens with one attached hydrogen (secondary N) is 1. The van der Waals surface area contributed by atoms with Gasteiger partial charge >= 0.3 is 0 Å². The second-order valence-corrected chi connectivity index (χ2v) is 4.72. The van der Waals surface area contributed by atoms with Crippen molar-refractivity contribution in [2.24, 2.45) is 5.16 Å². The summed E-state index contributed by atoms with van der Waals surface area (Å²) in [4.78, 5) is 17.3. The quantitative estimate of drug-likeness (QED) is 0.884. The average molecular weight is 260 g/mol. The first-order valence-electron chi connectivity index (χ1n) is 6.83. The number of hydrogen-bond acceptors (Lipinski definition) is 3. The van der Waals surface area contributed by atoms with Crippen molar-refractivity contribution in [3.8, 4) is 0 Å². The van der Waals surface area contributed by atoms with E-state index in [1.54, 1.807) is 0 Å². The van der Waals surface area contributed by atoms with Crippen LogP contribution in [0.4, 0.5) is 0 Å². The summed E-state index contributed by atoms with van der Waals surface area (Å²) >= 11 is 0. The Morgan fingerprint density at radius 2 is 2.05 bits per heavy atom. The maximum absolute atomic E-state index is 12.0. The van der Waals surface area contributed by atoms with Crippen molar-refractivity contribution in [3.63, 3.8) is 0 Å². The molecule has 19 heavy (non-hydrogen) atoms. The number of nitrogens with zero attached hydrogens (tertiary/aromatic N) is 1. The normalized spacial score (nSPS) is 18.1. The van der Waals surface area contributed by atoms with Crippen molar-refractivity contribution in [2.75, 3.05) is 0 Å². The second-order valence-electron chi connectivity index (χ2n) is 4.72. The Morgan fingerprint density at radius 1 is 1.37 bits per heavy atom. The SMILES string of the molecule is CCC(CC)NC(=O)C1CC(c2ccccc2)=NO1. The maximum atomic E-state index is 12.0. The molecule has 1 N–H and O–H groups in total. The molecule has 0 saturated heterocycles. The largest absolute Gasteiger partial charge is 0.382 e. The highest BCUT2D eigenvalue weighted by molar-refractivity contribution is 6.04. The summed E-state index contributed by atoms with van der Waals surface area (Å²) in [6, 6.07) is 10.0. The number of carbonyl (C=O) groups excluding carboxylic acids is 1. The van der Waals surface area contributed by atoms with E-state index in [2.05, 4.69) is 24.3 Å². The monoisotopic (exact) mass is 260 g/mol. The van der Waals surface area contributed by atoms with Crippen LogP contribution in [0.25, 0.3) is 0 Å². The molecule has 0 spiro atoms. The molecule has 0 bridgehead atoms. The van der Waals surface area contributed by atoms with Gasteiger partial charge in [0.1, 0.15) is 0 Å². The average Bonchev–Trinajstić information content (AvgIpc) is 2.95. The van der Waals surface area contributed by atoms with E-state index in [9.17, 15) is 4.79 Å². The first-order valence-corrected chi connectivity index (χ1v) is 6.83. The van der Waals surface area contributed by atoms with Gasteiger partial charge in [0.2, 0.25) is 6.10 Å². The first kappa shape index (κ1) is 13.6. The molecule has 1 aliphatic heterocycles. The van der Waals surface area contributed by atoms with Crippen LogP contribution in [-0.2, 0) is 9.63 Å². The lowest BCUT2D eigenvalue weighted by Gasteiger charge is -2.16. The molecule has 1 heterocycles. The molecule has 1 unspecified atom stereocenters. The molecule has 2 rings (SSSR count). The molecule has 1 aromatic carbocycles. The zero-order valence-corrected chi connectivity index (χ0v) is 11.4. The first-order chi connectivity index (χ1) is 9.24. The molecule has 4 nitrogen and oxygen atoms in total. The predicted octanol–water partition coefficient (Wildman–Crippen LogP) is 2.48. The number of amides is 1. The standard InChI is InChI=1S/C15H20N2O2/c1-3-12(4-2)16-15(18)14-10-13(17-19-14)11-8-6-5-7-9-11/h5-9,12,14H,3-4,10H2,1-2H3,(H,16,18). The Hall–Kier alpha value is -1.84. The molecule has 0 saturated carbocycles. The van der Waals surface area contributed by atoms with E-state index in [1.807, 2.05) is 30.3 Å². The second kappa shape index (κ2) is 6.36. The Bertz CT molecular complexity index is 452. The number of oxime groups is 1. The van der Waals surface area contributed by atoms with Gasteiger partial charge in [-0.05, 0) is 18.4 Å². The van der Waals surface area contributed by atoms with Gasteiger partial charge < -0.3 is 10.2 Å². The van der Waals surface area contributed by atoms with Crippen LogP contribution in [-0.4, -0.2) is 23.8 Å². The summed E-state index contributed by atoms with van der Waals surface area (Å²) in [5.74, 6) is -0.0663. The summed E-state index contributed by atoms with van der Waals surface area (Å²) in [5.41, 5.74) is 1.85. The van der Waals surface area contributed by atoms with Crippen LogP contribution in [0.2, 0.25) is 0 Å². The van der Waals surface area contributed by atoms with Crippen LogP contribution < -0.4 is 5.32 Å². The number of benzene rings is 1. The minimum atomic E-state index is -0.490. The van der Waals surface area contributed by atoms with Gasteiger partial charge in [-0.15, -0.1) is 0 Å². The van der Waals surface area contributed by atoms with Crippen molar-refractivity contribution >= 4 is 11.6 Å². The Balaban J connectivity index is 1.92. The third kappa shape index (κ3) is 3.34. The predicted molar refractivity (Wildman–Crippen MR) is 75.0 cm³/mol. The van der Waals surface area contributed by atoms with Gasteiger partial charge in [0.25, 0.3) is 5.91 Å². The Morgan fingerprint density at radius 3 is 2.68 bits per heavy atom. The molecular formula is C15H20N2O2. The van der Waals surface area contributed by atoms with Crippen LogP contribution in [0, 0.1) is 0 Å².